The summed E-state index contributed by atoms with van der Waals surface area (Å²) < 4.78 is 21.0. The molecule has 0 saturated carbocycles. The molecule has 0 radical (unpaired) electrons. The number of esters is 1. The van der Waals surface area contributed by atoms with E-state index in [9.17, 15) is 4.79 Å². The number of aliphatic hydroxyl groups is 1. The first-order chi connectivity index (χ1) is 12.1. The molecule has 0 fully saturated rings. The number of carbonyl (C=O) groups is 1. The van der Waals surface area contributed by atoms with Crippen LogP contribution in [0.15, 0.2) is 30.3 Å². The van der Waals surface area contributed by atoms with E-state index in [1.54, 1.807) is 13.2 Å². The van der Waals surface area contributed by atoms with E-state index in [0.717, 1.165) is 11.3 Å². The highest BCUT2D eigenvalue weighted by molar-refractivity contribution is 5.91. The number of pyridine rings is 1. The summed E-state index contributed by atoms with van der Waals surface area (Å²) >= 11 is 0. The molecule has 1 aromatic heterocycles. The topological polar surface area (TPSA) is 87.1 Å². The Bertz CT molecular complexity index is 714. The van der Waals surface area contributed by atoms with Crippen LogP contribution in [0.4, 0.5) is 0 Å². The lowest BCUT2D eigenvalue weighted by Crippen LogP contribution is -2.11. The molecule has 0 aliphatic rings. The summed E-state index contributed by atoms with van der Waals surface area (Å²) in [7, 11) is 4.29. The molecule has 2 aromatic rings. The average molecular weight is 347 g/mol. The van der Waals surface area contributed by atoms with Gasteiger partial charge in [-0.15, -0.1) is 0 Å². The summed E-state index contributed by atoms with van der Waals surface area (Å²) in [6, 6.07) is 9.06. The lowest BCUT2D eigenvalue weighted by Gasteiger charge is -2.15. The van der Waals surface area contributed by atoms with Crippen LogP contribution in [-0.2, 0) is 17.8 Å². The fourth-order valence-corrected chi connectivity index (χ4v) is 2.23. The molecule has 7 heteroatoms. The first kappa shape index (κ1) is 18.5. The van der Waals surface area contributed by atoms with Gasteiger partial charge in [-0.05, 0) is 17.7 Å². The van der Waals surface area contributed by atoms with Crippen molar-refractivity contribution in [2.75, 3.05) is 27.9 Å². The summed E-state index contributed by atoms with van der Waals surface area (Å²) in [5.41, 5.74) is 1.44. The Morgan fingerprint density at radius 3 is 2.40 bits per heavy atom. The SMILES string of the molecule is COC(=O)c1nc(CCO)cc(OCc2ccc(OC)cc2)c1OC. The van der Waals surface area contributed by atoms with Crippen LogP contribution < -0.4 is 14.2 Å². The molecule has 0 saturated heterocycles. The van der Waals surface area contributed by atoms with Crippen molar-refractivity contribution in [2.45, 2.75) is 13.0 Å². The summed E-state index contributed by atoms with van der Waals surface area (Å²) in [5.74, 6) is 0.675. The number of nitrogens with zero attached hydrogens (tertiary/aromatic N) is 1. The van der Waals surface area contributed by atoms with Crippen molar-refractivity contribution < 1.29 is 28.8 Å². The highest BCUT2D eigenvalue weighted by Crippen LogP contribution is 2.32. The number of aromatic nitrogens is 1. The molecular formula is C18H21NO6. The van der Waals surface area contributed by atoms with Gasteiger partial charge in [0.25, 0.3) is 0 Å². The first-order valence-electron chi connectivity index (χ1n) is 7.65. The zero-order valence-electron chi connectivity index (χ0n) is 14.4. The number of ether oxygens (including phenoxy) is 4. The summed E-state index contributed by atoms with van der Waals surface area (Å²) in [4.78, 5) is 16.1. The maximum absolute atomic E-state index is 11.9. The molecule has 0 aliphatic carbocycles. The Morgan fingerprint density at radius 1 is 1.12 bits per heavy atom. The molecule has 0 unspecified atom stereocenters. The molecule has 25 heavy (non-hydrogen) atoms. The van der Waals surface area contributed by atoms with Crippen LogP contribution in [0.3, 0.4) is 0 Å². The fourth-order valence-electron chi connectivity index (χ4n) is 2.23. The van der Waals surface area contributed by atoms with E-state index < -0.39 is 5.97 Å². The molecule has 0 aliphatic heterocycles. The number of carbonyl (C=O) groups excluding carboxylic acids is 1. The minimum absolute atomic E-state index is 0.0145. The summed E-state index contributed by atoms with van der Waals surface area (Å²) in [5, 5.41) is 9.14. The summed E-state index contributed by atoms with van der Waals surface area (Å²) in [6.45, 7) is 0.168. The van der Waals surface area contributed by atoms with E-state index in [4.69, 9.17) is 24.1 Å². The quantitative estimate of drug-likeness (QED) is 0.731. The minimum atomic E-state index is -0.633. The molecule has 2 rings (SSSR count). The Kier molecular flexibility index (Phi) is 6.59. The Morgan fingerprint density at radius 2 is 1.84 bits per heavy atom. The lowest BCUT2D eigenvalue weighted by molar-refractivity contribution is 0.0588. The Hall–Kier alpha value is -2.80. The van der Waals surface area contributed by atoms with Gasteiger partial charge in [-0.25, -0.2) is 9.78 Å². The molecule has 0 atom stereocenters. The van der Waals surface area contributed by atoms with Crippen molar-refractivity contribution in [3.8, 4) is 17.2 Å². The highest BCUT2D eigenvalue weighted by atomic mass is 16.5. The van der Waals surface area contributed by atoms with E-state index in [1.165, 1.54) is 14.2 Å². The van der Waals surface area contributed by atoms with Gasteiger partial charge >= 0.3 is 5.97 Å². The van der Waals surface area contributed by atoms with Gasteiger partial charge in [0.1, 0.15) is 12.4 Å². The number of methoxy groups -OCH3 is 3. The molecule has 1 heterocycles. The van der Waals surface area contributed by atoms with E-state index in [0.29, 0.717) is 11.4 Å². The number of aliphatic hydroxyl groups excluding tert-OH is 1. The van der Waals surface area contributed by atoms with Crippen LogP contribution in [0.2, 0.25) is 0 Å². The van der Waals surface area contributed by atoms with Gasteiger partial charge in [0.05, 0.1) is 21.3 Å². The van der Waals surface area contributed by atoms with Crippen molar-refractivity contribution in [1.29, 1.82) is 0 Å². The predicted octanol–water partition coefficient (Wildman–Crippen LogP) is 2.00. The van der Waals surface area contributed by atoms with Gasteiger partial charge < -0.3 is 24.1 Å². The number of hydrogen-bond acceptors (Lipinski definition) is 7. The first-order valence-corrected chi connectivity index (χ1v) is 7.65. The van der Waals surface area contributed by atoms with Crippen LogP contribution >= 0.6 is 0 Å². The molecule has 0 spiro atoms. The van der Waals surface area contributed by atoms with Crippen molar-refractivity contribution in [3.05, 3.63) is 47.3 Å². The van der Waals surface area contributed by atoms with E-state index in [-0.39, 0.29) is 31.1 Å². The van der Waals surface area contributed by atoms with Gasteiger partial charge in [-0.1, -0.05) is 12.1 Å². The van der Waals surface area contributed by atoms with Gasteiger partial charge in [-0.3, -0.25) is 0 Å². The minimum Gasteiger partial charge on any atom is -0.497 e. The zero-order valence-corrected chi connectivity index (χ0v) is 14.4. The second-order valence-corrected chi connectivity index (χ2v) is 5.10. The summed E-state index contributed by atoms with van der Waals surface area (Å²) in [6.07, 6.45) is 0.285. The van der Waals surface area contributed by atoms with Crippen LogP contribution in [0.1, 0.15) is 21.7 Å². The van der Waals surface area contributed by atoms with Crippen molar-refractivity contribution in [3.63, 3.8) is 0 Å². The maximum atomic E-state index is 11.9. The number of benzene rings is 1. The van der Waals surface area contributed by atoms with Crippen LogP contribution in [-0.4, -0.2) is 44.0 Å². The third kappa shape index (κ3) is 4.60. The zero-order chi connectivity index (χ0) is 18.2. The van der Waals surface area contributed by atoms with Gasteiger partial charge in [0.15, 0.2) is 17.2 Å². The second-order valence-electron chi connectivity index (χ2n) is 5.10. The second kappa shape index (κ2) is 8.89. The molecule has 0 amide bonds. The third-order valence-corrected chi connectivity index (χ3v) is 3.50. The molecule has 134 valence electrons. The van der Waals surface area contributed by atoms with E-state index >= 15 is 0 Å². The predicted molar refractivity (Wildman–Crippen MR) is 90.2 cm³/mol. The average Bonchev–Trinajstić information content (AvgIpc) is 2.65. The number of rotatable bonds is 8. The molecule has 1 N–H and O–H groups in total. The van der Waals surface area contributed by atoms with Crippen LogP contribution in [0.25, 0.3) is 0 Å². The monoisotopic (exact) mass is 347 g/mol. The molecule has 1 aromatic carbocycles. The number of hydrogen-bond donors (Lipinski definition) is 1. The fraction of sp³-hybridized carbons (Fsp3) is 0.333. The highest BCUT2D eigenvalue weighted by Gasteiger charge is 2.21. The van der Waals surface area contributed by atoms with Crippen LogP contribution in [0, 0.1) is 0 Å². The third-order valence-electron chi connectivity index (χ3n) is 3.50. The van der Waals surface area contributed by atoms with E-state index in [1.807, 2.05) is 24.3 Å². The van der Waals surface area contributed by atoms with Crippen molar-refractivity contribution in [1.82, 2.24) is 4.98 Å². The van der Waals surface area contributed by atoms with Gasteiger partial charge in [0, 0.05) is 24.8 Å². The molecule has 7 nitrogen and oxygen atoms in total. The maximum Gasteiger partial charge on any atom is 0.360 e. The van der Waals surface area contributed by atoms with E-state index in [2.05, 4.69) is 4.98 Å². The van der Waals surface area contributed by atoms with Crippen LogP contribution in [0.5, 0.6) is 17.2 Å². The Labute approximate surface area is 146 Å². The molecule has 0 bridgehead atoms. The van der Waals surface area contributed by atoms with Gasteiger partial charge in [0.2, 0.25) is 0 Å². The van der Waals surface area contributed by atoms with Crippen molar-refractivity contribution >= 4 is 5.97 Å². The van der Waals surface area contributed by atoms with Gasteiger partial charge in [-0.2, -0.15) is 0 Å². The smallest absolute Gasteiger partial charge is 0.360 e. The standard InChI is InChI=1S/C18H21NO6/c1-22-14-6-4-12(5-7-14)11-25-15-10-13(8-9-20)19-16(17(15)23-2)18(21)24-3/h4-7,10,20H,8-9,11H2,1-3H3. The Balaban J connectivity index is 2.29. The normalized spacial score (nSPS) is 10.2. The lowest BCUT2D eigenvalue weighted by atomic mass is 10.2. The molecular weight excluding hydrogens is 326 g/mol. The van der Waals surface area contributed by atoms with Crippen molar-refractivity contribution in [2.24, 2.45) is 0 Å². The largest absolute Gasteiger partial charge is 0.497 e.